The van der Waals surface area contributed by atoms with E-state index in [1.165, 1.54) is 0 Å². The highest BCUT2D eigenvalue weighted by Crippen LogP contribution is 2.26. The van der Waals surface area contributed by atoms with Crippen LogP contribution in [-0.4, -0.2) is 19.9 Å². The van der Waals surface area contributed by atoms with E-state index in [0.717, 1.165) is 22.5 Å². The van der Waals surface area contributed by atoms with Gasteiger partial charge in [-0.3, -0.25) is 9.67 Å². The van der Waals surface area contributed by atoms with Crippen LogP contribution in [0.1, 0.15) is 28.6 Å². The van der Waals surface area contributed by atoms with Crippen LogP contribution >= 0.6 is 0 Å². The summed E-state index contributed by atoms with van der Waals surface area (Å²) in [4.78, 5) is 4.01. The predicted octanol–water partition coefficient (Wildman–Crippen LogP) is 1.51. The highest BCUT2D eigenvalue weighted by atomic mass is 16.3. The number of hydrogen-bond donors (Lipinski definition) is 1. The van der Waals surface area contributed by atoms with Crippen LogP contribution < -0.4 is 0 Å². The van der Waals surface area contributed by atoms with E-state index in [4.69, 9.17) is 0 Å². The summed E-state index contributed by atoms with van der Waals surface area (Å²) in [5.41, 5.74) is 3.50. The van der Waals surface area contributed by atoms with E-state index < -0.39 is 6.10 Å². The Morgan fingerprint density at radius 2 is 2.12 bits per heavy atom. The molecule has 0 aromatic carbocycles. The smallest absolute Gasteiger partial charge is 0.109 e. The number of aliphatic hydroxyl groups is 1. The Kier molecular flexibility index (Phi) is 2.75. The molecule has 2 heterocycles. The van der Waals surface area contributed by atoms with E-state index in [9.17, 15) is 5.11 Å². The zero-order valence-corrected chi connectivity index (χ0v) is 9.68. The second-order valence-corrected chi connectivity index (χ2v) is 3.90. The van der Waals surface area contributed by atoms with Gasteiger partial charge in [0.15, 0.2) is 0 Å². The molecule has 0 fully saturated rings. The van der Waals surface area contributed by atoms with Crippen molar-refractivity contribution in [1.29, 1.82) is 0 Å². The molecule has 0 amide bonds. The Hall–Kier alpha value is -1.68. The first-order valence-electron chi connectivity index (χ1n) is 5.19. The van der Waals surface area contributed by atoms with Crippen LogP contribution in [0.2, 0.25) is 0 Å². The Morgan fingerprint density at radius 3 is 2.62 bits per heavy atom. The van der Waals surface area contributed by atoms with Gasteiger partial charge in [-0.1, -0.05) is 6.07 Å². The fourth-order valence-corrected chi connectivity index (χ4v) is 1.89. The van der Waals surface area contributed by atoms with Crippen LogP contribution in [0.4, 0.5) is 0 Å². The molecule has 1 unspecified atom stereocenters. The summed E-state index contributed by atoms with van der Waals surface area (Å²) in [5, 5.41) is 14.6. The first-order valence-corrected chi connectivity index (χ1v) is 5.19. The maximum Gasteiger partial charge on any atom is 0.109 e. The number of pyridine rings is 1. The normalized spacial score (nSPS) is 12.8. The van der Waals surface area contributed by atoms with Crippen molar-refractivity contribution in [2.75, 3.05) is 0 Å². The Morgan fingerprint density at radius 1 is 1.38 bits per heavy atom. The van der Waals surface area contributed by atoms with Gasteiger partial charge in [0.25, 0.3) is 0 Å². The molecule has 4 nitrogen and oxygen atoms in total. The highest BCUT2D eigenvalue weighted by molar-refractivity contribution is 5.34. The quantitative estimate of drug-likeness (QED) is 0.829. The lowest BCUT2D eigenvalue weighted by Crippen LogP contribution is -2.03. The minimum absolute atomic E-state index is 0.651. The molecule has 1 N–H and O–H groups in total. The lowest BCUT2D eigenvalue weighted by molar-refractivity contribution is 0.218. The minimum Gasteiger partial charge on any atom is -0.383 e. The Bertz CT molecular complexity index is 490. The zero-order valence-electron chi connectivity index (χ0n) is 9.68. The van der Waals surface area contributed by atoms with Crippen LogP contribution in [0.25, 0.3) is 0 Å². The summed E-state index contributed by atoms with van der Waals surface area (Å²) in [6, 6.07) is 3.68. The third-order valence-electron chi connectivity index (χ3n) is 2.84. The topological polar surface area (TPSA) is 50.9 Å². The summed E-state index contributed by atoms with van der Waals surface area (Å²) < 4.78 is 1.78. The average Bonchev–Trinajstić information content (AvgIpc) is 2.54. The van der Waals surface area contributed by atoms with E-state index in [-0.39, 0.29) is 0 Å². The molecule has 2 rings (SSSR count). The standard InChI is InChI=1S/C12H15N3O/c1-8-11(9(2)15(3)14-8)12(16)10-5-4-6-13-7-10/h4-7,12,16H,1-3H3. The number of rotatable bonds is 2. The average molecular weight is 217 g/mol. The van der Waals surface area contributed by atoms with Gasteiger partial charge in [0.1, 0.15) is 6.10 Å². The van der Waals surface area contributed by atoms with Gasteiger partial charge in [0, 0.05) is 36.3 Å². The molecule has 2 aromatic heterocycles. The summed E-state index contributed by atoms with van der Waals surface area (Å²) in [7, 11) is 1.88. The number of nitrogens with zero attached hydrogens (tertiary/aromatic N) is 3. The van der Waals surface area contributed by atoms with Gasteiger partial charge in [-0.2, -0.15) is 5.10 Å². The Balaban J connectivity index is 2.45. The summed E-state index contributed by atoms with van der Waals surface area (Å²) >= 11 is 0. The van der Waals surface area contributed by atoms with Crippen LogP contribution in [0, 0.1) is 13.8 Å². The number of hydrogen-bond acceptors (Lipinski definition) is 3. The molecule has 0 saturated heterocycles. The van der Waals surface area contributed by atoms with Gasteiger partial charge in [-0.05, 0) is 19.9 Å². The molecule has 0 bridgehead atoms. The van der Waals surface area contributed by atoms with Crippen molar-refractivity contribution in [1.82, 2.24) is 14.8 Å². The fraction of sp³-hybridized carbons (Fsp3) is 0.333. The lowest BCUT2D eigenvalue weighted by Gasteiger charge is -2.11. The minimum atomic E-state index is -0.651. The molecule has 0 spiro atoms. The summed E-state index contributed by atoms with van der Waals surface area (Å²) in [6.07, 6.45) is 2.72. The van der Waals surface area contributed by atoms with Gasteiger partial charge in [0.05, 0.1) is 5.69 Å². The van der Waals surface area contributed by atoms with E-state index in [0.29, 0.717) is 0 Å². The zero-order chi connectivity index (χ0) is 11.7. The fourth-order valence-electron chi connectivity index (χ4n) is 1.89. The van der Waals surface area contributed by atoms with Crippen molar-refractivity contribution in [3.05, 3.63) is 47.0 Å². The van der Waals surface area contributed by atoms with E-state index in [2.05, 4.69) is 10.1 Å². The largest absolute Gasteiger partial charge is 0.383 e. The van der Waals surface area contributed by atoms with Gasteiger partial charge in [-0.15, -0.1) is 0 Å². The van der Waals surface area contributed by atoms with Crippen molar-refractivity contribution >= 4 is 0 Å². The number of aromatic nitrogens is 3. The third kappa shape index (κ3) is 1.72. The van der Waals surface area contributed by atoms with Crippen molar-refractivity contribution in [3.8, 4) is 0 Å². The van der Waals surface area contributed by atoms with Crippen molar-refractivity contribution in [3.63, 3.8) is 0 Å². The monoisotopic (exact) mass is 217 g/mol. The Labute approximate surface area is 94.6 Å². The van der Waals surface area contributed by atoms with Crippen LogP contribution in [0.5, 0.6) is 0 Å². The number of aliphatic hydroxyl groups excluding tert-OH is 1. The molecule has 84 valence electrons. The van der Waals surface area contributed by atoms with Crippen molar-refractivity contribution < 1.29 is 5.11 Å². The maximum atomic E-state index is 10.3. The van der Waals surface area contributed by atoms with Crippen molar-refractivity contribution in [2.45, 2.75) is 20.0 Å². The predicted molar refractivity (Wildman–Crippen MR) is 61.0 cm³/mol. The van der Waals surface area contributed by atoms with Crippen LogP contribution in [0.15, 0.2) is 24.5 Å². The molecule has 0 radical (unpaired) electrons. The third-order valence-corrected chi connectivity index (χ3v) is 2.84. The molecule has 0 aliphatic heterocycles. The van der Waals surface area contributed by atoms with Gasteiger partial charge in [-0.25, -0.2) is 0 Å². The van der Waals surface area contributed by atoms with Crippen molar-refractivity contribution in [2.24, 2.45) is 7.05 Å². The van der Waals surface area contributed by atoms with E-state index in [1.807, 2.05) is 33.0 Å². The van der Waals surface area contributed by atoms with E-state index >= 15 is 0 Å². The molecule has 2 aromatic rings. The summed E-state index contributed by atoms with van der Waals surface area (Å²) in [6.45, 7) is 3.86. The highest BCUT2D eigenvalue weighted by Gasteiger charge is 2.19. The van der Waals surface area contributed by atoms with Gasteiger partial charge < -0.3 is 5.11 Å². The number of aryl methyl sites for hydroxylation is 2. The van der Waals surface area contributed by atoms with Crippen LogP contribution in [0.3, 0.4) is 0 Å². The molecule has 0 aliphatic rings. The SMILES string of the molecule is Cc1nn(C)c(C)c1C(O)c1cccnc1. The van der Waals surface area contributed by atoms with Gasteiger partial charge >= 0.3 is 0 Å². The van der Waals surface area contributed by atoms with Crippen LogP contribution in [-0.2, 0) is 7.05 Å². The molecular formula is C12H15N3O. The first-order chi connectivity index (χ1) is 7.61. The molecule has 0 aliphatic carbocycles. The summed E-state index contributed by atoms with van der Waals surface area (Å²) in [5.74, 6) is 0. The molecular weight excluding hydrogens is 202 g/mol. The maximum absolute atomic E-state index is 10.3. The lowest BCUT2D eigenvalue weighted by atomic mass is 10.0. The van der Waals surface area contributed by atoms with E-state index in [1.54, 1.807) is 17.1 Å². The second kappa shape index (κ2) is 4.06. The second-order valence-electron chi connectivity index (χ2n) is 3.90. The molecule has 1 atom stereocenters. The molecule has 0 saturated carbocycles. The first kappa shape index (κ1) is 10.8. The molecule has 16 heavy (non-hydrogen) atoms. The molecule has 4 heteroatoms. The van der Waals surface area contributed by atoms with Gasteiger partial charge in [0.2, 0.25) is 0 Å².